The van der Waals surface area contributed by atoms with Crippen LogP contribution in [-0.4, -0.2) is 118 Å². The van der Waals surface area contributed by atoms with Gasteiger partial charge in [-0.15, -0.1) is 0 Å². The van der Waals surface area contributed by atoms with Gasteiger partial charge in [-0.3, -0.25) is 39.0 Å². The van der Waals surface area contributed by atoms with Crippen LogP contribution in [0.25, 0.3) is 10.9 Å². The summed E-state index contributed by atoms with van der Waals surface area (Å²) in [6.45, 7) is 3.12. The van der Waals surface area contributed by atoms with E-state index in [2.05, 4.69) is 30.7 Å². The van der Waals surface area contributed by atoms with E-state index in [1.165, 1.54) is 11.6 Å². The Bertz CT molecular complexity index is 2530. The highest BCUT2D eigenvalue weighted by atomic mass is 35.5. The van der Waals surface area contributed by atoms with E-state index < -0.39 is 29.7 Å². The van der Waals surface area contributed by atoms with Crippen LogP contribution in [0.15, 0.2) is 53.5 Å². The van der Waals surface area contributed by atoms with Crippen LogP contribution in [0.2, 0.25) is 5.02 Å². The first-order valence-corrected chi connectivity index (χ1v) is 21.6. The standard InChI is InChI=1S/C44H48ClN9O8/c1-46-38(56)23-61-36-19-26-17-27(4-6-34(26)51(2)43(36)60)48-39-33(45)22-47-44(50-39)53-15-11-29(12-16-53)62-30-20-28(21-30)52-13-9-24(10-14-52)25-3-5-31-32(18-25)42(59)54(41(31)58)35-7-8-37(55)49-40(35)57/h3-6,17-19,22,24,28-30,35H,7-16,20-21,23H2,1-2H3,(H,46,56)(H,47,48,50)(H,49,55,57)/t28-,30-,35?. The fraction of sp³-hybridized carbons (Fsp3) is 0.455. The number of pyridine rings is 1. The van der Waals surface area contributed by atoms with Crippen LogP contribution in [0.1, 0.15) is 83.6 Å². The molecule has 2 aromatic heterocycles. The molecule has 4 aromatic rings. The minimum absolute atomic E-state index is 0.0723. The van der Waals surface area contributed by atoms with Crippen molar-refractivity contribution in [1.82, 2.24) is 35.0 Å². The Labute approximate surface area is 362 Å². The number of carbonyl (C=O) groups excluding carboxylic acids is 5. The number of ether oxygens (including phenoxy) is 2. The second kappa shape index (κ2) is 17.1. The van der Waals surface area contributed by atoms with Gasteiger partial charge in [-0.1, -0.05) is 17.7 Å². The van der Waals surface area contributed by atoms with E-state index in [9.17, 15) is 28.8 Å². The number of likely N-dealkylation sites (tertiary alicyclic amines) is 1. The smallest absolute Gasteiger partial charge is 0.293 e. The number of imide groups is 2. The lowest BCUT2D eigenvalue weighted by atomic mass is 9.83. The minimum atomic E-state index is -0.969. The molecule has 3 saturated heterocycles. The molecule has 324 valence electrons. The van der Waals surface area contributed by atoms with Crippen LogP contribution >= 0.6 is 11.6 Å². The number of aromatic nitrogens is 3. The summed E-state index contributed by atoms with van der Waals surface area (Å²) >= 11 is 6.55. The lowest BCUT2D eigenvalue weighted by molar-refractivity contribution is -0.136. The summed E-state index contributed by atoms with van der Waals surface area (Å²) in [5, 5.41) is 9.12. The van der Waals surface area contributed by atoms with E-state index in [4.69, 9.17) is 26.1 Å². The van der Waals surface area contributed by atoms with Gasteiger partial charge in [0.2, 0.25) is 17.8 Å². The van der Waals surface area contributed by atoms with E-state index in [0.717, 1.165) is 80.6 Å². The van der Waals surface area contributed by atoms with E-state index in [1.54, 1.807) is 25.4 Å². The molecule has 9 rings (SSSR count). The highest BCUT2D eigenvalue weighted by Crippen LogP contribution is 2.38. The van der Waals surface area contributed by atoms with Crippen molar-refractivity contribution in [2.45, 2.75) is 81.6 Å². The first-order valence-electron chi connectivity index (χ1n) is 21.2. The van der Waals surface area contributed by atoms with Crippen LogP contribution in [0.4, 0.5) is 17.5 Å². The maximum atomic E-state index is 13.4. The number of rotatable bonds is 11. The van der Waals surface area contributed by atoms with Crippen molar-refractivity contribution in [1.29, 1.82) is 0 Å². The molecule has 0 bridgehead atoms. The summed E-state index contributed by atoms with van der Waals surface area (Å²) in [4.78, 5) is 90.1. The van der Waals surface area contributed by atoms with E-state index >= 15 is 0 Å². The average molecular weight is 866 g/mol. The molecule has 18 heteroatoms. The van der Waals surface area contributed by atoms with Gasteiger partial charge in [0.15, 0.2) is 18.2 Å². The first-order chi connectivity index (χ1) is 29.9. The SMILES string of the molecule is CNC(=O)COc1cc2cc(Nc3nc(N4CCC(O[C@H]5C[C@H](N6CCC(c7ccc8c(c7)C(=O)N(C7CCC(=O)NC7=O)C8=O)CC6)C5)CC4)ncc3Cl)ccc2n(C)c1=O. The summed E-state index contributed by atoms with van der Waals surface area (Å²) in [5.74, 6) is -0.913. The van der Waals surface area contributed by atoms with E-state index in [0.29, 0.717) is 45.2 Å². The predicted octanol–water partition coefficient (Wildman–Crippen LogP) is 3.65. The van der Waals surface area contributed by atoms with E-state index in [-0.39, 0.29) is 54.8 Å². The van der Waals surface area contributed by atoms with Gasteiger partial charge in [-0.25, -0.2) is 4.98 Å². The van der Waals surface area contributed by atoms with Gasteiger partial charge < -0.3 is 34.5 Å². The maximum absolute atomic E-state index is 13.4. The Hall–Kier alpha value is -5.91. The largest absolute Gasteiger partial charge is 0.478 e. The molecule has 1 aliphatic carbocycles. The molecule has 3 N–H and O–H groups in total. The Morgan fingerprint density at radius 2 is 1.66 bits per heavy atom. The second-order valence-corrected chi connectivity index (χ2v) is 17.1. The molecular formula is C44H48ClN9O8. The first kappa shape index (κ1) is 41.4. The van der Waals surface area contributed by atoms with Gasteiger partial charge in [-0.05, 0) is 106 Å². The number of amides is 5. The molecule has 2 aromatic carbocycles. The van der Waals surface area contributed by atoms with Crippen molar-refractivity contribution in [3.63, 3.8) is 0 Å². The third-order valence-corrected chi connectivity index (χ3v) is 13.3. The monoisotopic (exact) mass is 865 g/mol. The minimum Gasteiger partial charge on any atom is -0.478 e. The summed E-state index contributed by atoms with van der Waals surface area (Å²) in [6, 6.07) is 12.1. The predicted molar refractivity (Wildman–Crippen MR) is 229 cm³/mol. The molecule has 5 aliphatic rings. The van der Waals surface area contributed by atoms with Gasteiger partial charge in [0, 0.05) is 50.7 Å². The molecule has 4 fully saturated rings. The number of fused-ring (bicyclic) bond motifs is 2. The van der Waals surface area contributed by atoms with Gasteiger partial charge in [0.25, 0.3) is 23.3 Å². The second-order valence-electron chi connectivity index (χ2n) is 16.7. The number of carbonyl (C=O) groups is 5. The van der Waals surface area contributed by atoms with Crippen molar-refractivity contribution in [3.8, 4) is 5.75 Å². The molecule has 6 heterocycles. The molecule has 62 heavy (non-hydrogen) atoms. The topological polar surface area (TPSA) is 197 Å². The lowest BCUT2D eigenvalue weighted by Crippen LogP contribution is -2.54. The van der Waals surface area contributed by atoms with Gasteiger partial charge >= 0.3 is 0 Å². The number of nitrogens with zero attached hydrogens (tertiary/aromatic N) is 6. The molecule has 17 nitrogen and oxygen atoms in total. The van der Waals surface area contributed by atoms with Crippen LogP contribution in [0.3, 0.4) is 0 Å². The molecule has 1 saturated carbocycles. The van der Waals surface area contributed by atoms with Crippen molar-refractivity contribution in [2.75, 3.05) is 50.1 Å². The van der Waals surface area contributed by atoms with Crippen molar-refractivity contribution in [3.05, 3.63) is 80.7 Å². The van der Waals surface area contributed by atoms with Crippen molar-refractivity contribution < 1.29 is 33.4 Å². The number of nitrogens with one attached hydrogen (secondary N) is 3. The molecule has 1 atom stereocenters. The highest BCUT2D eigenvalue weighted by molar-refractivity contribution is 6.33. The lowest BCUT2D eigenvalue weighted by Gasteiger charge is -2.47. The molecule has 5 amide bonds. The summed E-state index contributed by atoms with van der Waals surface area (Å²) in [7, 11) is 3.16. The van der Waals surface area contributed by atoms with Crippen molar-refractivity contribution >= 4 is 69.5 Å². The Morgan fingerprint density at radius 1 is 0.903 bits per heavy atom. The normalized spacial score (nSPS) is 22.4. The zero-order valence-electron chi connectivity index (χ0n) is 34.5. The average Bonchev–Trinajstić information content (AvgIpc) is 3.51. The quantitative estimate of drug-likeness (QED) is 0.185. The molecular weight excluding hydrogens is 818 g/mol. The summed E-state index contributed by atoms with van der Waals surface area (Å²) in [5.41, 5.74) is 2.74. The summed E-state index contributed by atoms with van der Waals surface area (Å²) in [6.07, 6.45) is 7.82. The highest BCUT2D eigenvalue weighted by Gasteiger charge is 2.45. The molecule has 1 unspecified atom stereocenters. The third-order valence-electron chi connectivity index (χ3n) is 13.0. The zero-order valence-corrected chi connectivity index (χ0v) is 35.3. The fourth-order valence-corrected chi connectivity index (χ4v) is 9.47. The van der Waals surface area contributed by atoms with Gasteiger partial charge in [0.05, 0.1) is 35.0 Å². The number of aryl methyl sites for hydroxylation is 1. The molecule has 0 spiro atoms. The zero-order chi connectivity index (χ0) is 43.2. The van der Waals surface area contributed by atoms with Crippen LogP contribution in [0.5, 0.6) is 5.75 Å². The number of halogens is 1. The number of piperidine rings is 3. The van der Waals surface area contributed by atoms with Crippen LogP contribution < -0.4 is 31.1 Å². The van der Waals surface area contributed by atoms with Crippen LogP contribution in [-0.2, 0) is 26.2 Å². The fourth-order valence-electron chi connectivity index (χ4n) is 9.34. The third kappa shape index (κ3) is 8.11. The maximum Gasteiger partial charge on any atom is 0.293 e. The van der Waals surface area contributed by atoms with Crippen LogP contribution in [0, 0.1) is 0 Å². The Kier molecular flexibility index (Phi) is 11.4. The number of likely N-dealkylation sites (N-methyl/N-ethyl adjacent to an activating group) is 1. The van der Waals surface area contributed by atoms with E-state index in [1.807, 2.05) is 30.3 Å². The molecule has 4 aliphatic heterocycles. The number of hydrogen-bond donors (Lipinski definition) is 3. The number of anilines is 3. The molecule has 0 radical (unpaired) electrons. The Balaban J connectivity index is 0.735. The van der Waals surface area contributed by atoms with Gasteiger partial charge in [0.1, 0.15) is 11.1 Å². The number of benzene rings is 2. The summed E-state index contributed by atoms with van der Waals surface area (Å²) < 4.78 is 13.6. The number of hydrogen-bond acceptors (Lipinski definition) is 13. The van der Waals surface area contributed by atoms with Crippen molar-refractivity contribution in [2.24, 2.45) is 7.05 Å². The Morgan fingerprint density at radius 3 is 2.40 bits per heavy atom. The van der Waals surface area contributed by atoms with Gasteiger partial charge in [-0.2, -0.15) is 4.98 Å².